The van der Waals surface area contributed by atoms with Crippen molar-refractivity contribution < 1.29 is 9.47 Å². The van der Waals surface area contributed by atoms with Gasteiger partial charge in [0, 0.05) is 18.8 Å². The van der Waals surface area contributed by atoms with Crippen LogP contribution in [0.25, 0.3) is 0 Å². The fourth-order valence-corrected chi connectivity index (χ4v) is 3.81. The van der Waals surface area contributed by atoms with Crippen molar-refractivity contribution in [1.82, 2.24) is 9.55 Å². The van der Waals surface area contributed by atoms with Crippen molar-refractivity contribution >= 4 is 0 Å². The van der Waals surface area contributed by atoms with Crippen LogP contribution in [0.1, 0.15) is 47.6 Å². The molecule has 1 aromatic carbocycles. The summed E-state index contributed by atoms with van der Waals surface area (Å²) in [4.78, 5) is 4.16. The number of aryl methyl sites for hydroxylation is 2. The number of ether oxygens (including phenoxy) is 2. The fourth-order valence-electron chi connectivity index (χ4n) is 3.81. The van der Waals surface area contributed by atoms with Crippen molar-refractivity contribution in [3.8, 4) is 0 Å². The smallest absolute Gasteiger partial charge is 0.186 e. The highest BCUT2D eigenvalue weighted by molar-refractivity contribution is 5.44. The zero-order chi connectivity index (χ0) is 18.0. The van der Waals surface area contributed by atoms with Gasteiger partial charge in [0.25, 0.3) is 0 Å². The van der Waals surface area contributed by atoms with E-state index in [1.165, 1.54) is 27.8 Å². The molecule has 2 aromatic rings. The summed E-state index contributed by atoms with van der Waals surface area (Å²) in [5, 5.41) is 0. The van der Waals surface area contributed by atoms with E-state index in [-0.39, 0.29) is 6.10 Å². The molecule has 1 aromatic heterocycles. The maximum Gasteiger partial charge on any atom is 0.186 e. The number of rotatable bonds is 5. The number of benzene rings is 1. The standard InChI is InChI=1S/C21H30N2O2/c1-15-12-16(2)19(5)20(18(15)4)6-8-21(13-23-10-9-22-14-23)24-11-7-17(3)25-21/h9-10,12,14,17H,6-8,11,13H2,1-5H3. The molecule has 4 heteroatoms. The molecule has 0 aliphatic carbocycles. The molecule has 25 heavy (non-hydrogen) atoms. The molecular weight excluding hydrogens is 312 g/mol. The molecule has 1 aliphatic rings. The number of hydrogen-bond acceptors (Lipinski definition) is 3. The van der Waals surface area contributed by atoms with Crippen molar-refractivity contribution in [2.75, 3.05) is 6.61 Å². The Hall–Kier alpha value is -1.65. The van der Waals surface area contributed by atoms with Gasteiger partial charge in [-0.25, -0.2) is 4.98 Å². The quantitative estimate of drug-likeness (QED) is 0.814. The van der Waals surface area contributed by atoms with E-state index in [9.17, 15) is 0 Å². The molecule has 1 aliphatic heterocycles. The SMILES string of the molecule is Cc1cc(C)c(C)c(CCC2(Cn3ccnc3)OCCC(C)O2)c1C. The predicted molar refractivity (Wildman–Crippen MR) is 99.8 cm³/mol. The highest BCUT2D eigenvalue weighted by atomic mass is 16.7. The van der Waals surface area contributed by atoms with Crippen LogP contribution in [0.2, 0.25) is 0 Å². The Balaban J connectivity index is 1.84. The molecule has 0 bridgehead atoms. The molecule has 0 spiro atoms. The fraction of sp³-hybridized carbons (Fsp3) is 0.571. The summed E-state index contributed by atoms with van der Waals surface area (Å²) >= 11 is 0. The Labute approximate surface area is 151 Å². The topological polar surface area (TPSA) is 36.3 Å². The molecule has 1 saturated heterocycles. The number of aromatic nitrogens is 2. The van der Waals surface area contributed by atoms with E-state index < -0.39 is 5.79 Å². The van der Waals surface area contributed by atoms with Gasteiger partial charge in [-0.1, -0.05) is 6.07 Å². The van der Waals surface area contributed by atoms with E-state index in [4.69, 9.17) is 9.47 Å². The average molecular weight is 342 g/mol. The van der Waals surface area contributed by atoms with Crippen molar-refractivity contribution in [2.45, 2.75) is 72.3 Å². The number of hydrogen-bond donors (Lipinski definition) is 0. The van der Waals surface area contributed by atoms with E-state index in [0.29, 0.717) is 6.54 Å². The van der Waals surface area contributed by atoms with Gasteiger partial charge in [0.1, 0.15) is 0 Å². The minimum Gasteiger partial charge on any atom is -0.348 e. The van der Waals surface area contributed by atoms with E-state index in [1.54, 1.807) is 6.20 Å². The summed E-state index contributed by atoms with van der Waals surface area (Å²) in [5.41, 5.74) is 6.95. The Morgan fingerprint density at radius 1 is 1.20 bits per heavy atom. The van der Waals surface area contributed by atoms with Gasteiger partial charge in [-0.15, -0.1) is 0 Å². The molecule has 0 saturated carbocycles. The minimum atomic E-state index is -0.575. The van der Waals surface area contributed by atoms with Gasteiger partial charge in [-0.3, -0.25) is 0 Å². The number of nitrogens with zero attached hydrogens (tertiary/aromatic N) is 2. The summed E-state index contributed by atoms with van der Waals surface area (Å²) in [5.74, 6) is -0.575. The molecule has 3 rings (SSSR count). The predicted octanol–water partition coefficient (Wildman–Crippen LogP) is 4.27. The molecule has 0 N–H and O–H groups in total. The molecule has 1 fully saturated rings. The van der Waals surface area contributed by atoms with E-state index in [1.807, 2.05) is 12.5 Å². The average Bonchev–Trinajstić information content (AvgIpc) is 3.06. The molecule has 2 atom stereocenters. The first-order chi connectivity index (χ1) is 11.9. The summed E-state index contributed by atoms with van der Waals surface area (Å²) in [6.45, 7) is 12.4. The van der Waals surface area contributed by atoms with Crippen LogP contribution in [0.3, 0.4) is 0 Å². The maximum atomic E-state index is 6.34. The lowest BCUT2D eigenvalue weighted by atomic mass is 9.90. The van der Waals surface area contributed by atoms with E-state index >= 15 is 0 Å². The lowest BCUT2D eigenvalue weighted by Gasteiger charge is -2.40. The lowest BCUT2D eigenvalue weighted by molar-refractivity contribution is -0.298. The second kappa shape index (κ2) is 7.30. The second-order valence-electron chi connectivity index (χ2n) is 7.45. The molecule has 0 amide bonds. The van der Waals surface area contributed by atoms with Crippen LogP contribution in [-0.2, 0) is 22.4 Å². The van der Waals surface area contributed by atoms with Gasteiger partial charge in [0.2, 0.25) is 0 Å². The van der Waals surface area contributed by atoms with Gasteiger partial charge in [0.05, 0.1) is 25.6 Å². The highest BCUT2D eigenvalue weighted by Crippen LogP contribution is 2.32. The molecule has 2 heterocycles. The van der Waals surface area contributed by atoms with Gasteiger partial charge in [-0.05, 0) is 75.3 Å². The molecule has 136 valence electrons. The van der Waals surface area contributed by atoms with Crippen LogP contribution in [0.4, 0.5) is 0 Å². The van der Waals surface area contributed by atoms with Crippen molar-refractivity contribution in [2.24, 2.45) is 0 Å². The van der Waals surface area contributed by atoms with Crippen LogP contribution in [0.15, 0.2) is 24.8 Å². The third-order valence-electron chi connectivity index (χ3n) is 5.57. The normalized spacial score (nSPS) is 23.8. The molecule has 4 nitrogen and oxygen atoms in total. The van der Waals surface area contributed by atoms with Gasteiger partial charge >= 0.3 is 0 Å². The van der Waals surface area contributed by atoms with Gasteiger partial charge in [0.15, 0.2) is 5.79 Å². The third kappa shape index (κ3) is 3.96. The van der Waals surface area contributed by atoms with Gasteiger partial charge < -0.3 is 14.0 Å². The first-order valence-electron chi connectivity index (χ1n) is 9.24. The largest absolute Gasteiger partial charge is 0.348 e. The Bertz CT molecular complexity index is 698. The van der Waals surface area contributed by atoms with Crippen molar-refractivity contribution in [3.63, 3.8) is 0 Å². The summed E-state index contributed by atoms with van der Waals surface area (Å²) in [7, 11) is 0. The highest BCUT2D eigenvalue weighted by Gasteiger charge is 2.37. The van der Waals surface area contributed by atoms with Crippen molar-refractivity contribution in [1.29, 1.82) is 0 Å². The zero-order valence-electron chi connectivity index (χ0n) is 16.1. The Morgan fingerprint density at radius 3 is 2.52 bits per heavy atom. The van der Waals surface area contributed by atoms with Crippen molar-refractivity contribution in [3.05, 3.63) is 52.6 Å². The van der Waals surface area contributed by atoms with Crippen LogP contribution in [-0.4, -0.2) is 28.0 Å². The number of imidazole rings is 1. The minimum absolute atomic E-state index is 0.221. The molecule has 0 radical (unpaired) electrons. The van der Waals surface area contributed by atoms with E-state index in [2.05, 4.69) is 50.2 Å². The van der Waals surface area contributed by atoms with Crippen LogP contribution in [0, 0.1) is 27.7 Å². The van der Waals surface area contributed by atoms with E-state index in [0.717, 1.165) is 25.9 Å². The summed E-state index contributed by atoms with van der Waals surface area (Å²) in [6, 6.07) is 2.28. The monoisotopic (exact) mass is 342 g/mol. The Kier molecular flexibility index (Phi) is 5.30. The third-order valence-corrected chi connectivity index (χ3v) is 5.57. The second-order valence-corrected chi connectivity index (χ2v) is 7.45. The molecule has 2 unspecified atom stereocenters. The Morgan fingerprint density at radius 2 is 1.92 bits per heavy atom. The lowest BCUT2D eigenvalue weighted by Crippen LogP contribution is -2.47. The van der Waals surface area contributed by atoms with Gasteiger partial charge in [-0.2, -0.15) is 0 Å². The first kappa shape index (κ1) is 18.2. The summed E-state index contributed by atoms with van der Waals surface area (Å²) < 4.78 is 14.6. The van der Waals surface area contributed by atoms with Crippen LogP contribution in [0.5, 0.6) is 0 Å². The maximum absolute atomic E-state index is 6.34. The summed E-state index contributed by atoms with van der Waals surface area (Å²) in [6.07, 6.45) is 8.59. The first-order valence-corrected chi connectivity index (χ1v) is 9.24. The molecular formula is C21H30N2O2. The van der Waals surface area contributed by atoms with Crippen LogP contribution < -0.4 is 0 Å². The van der Waals surface area contributed by atoms with Crippen LogP contribution >= 0.6 is 0 Å². The zero-order valence-corrected chi connectivity index (χ0v) is 16.1.